The Kier molecular flexibility index (Phi) is 6.68. The lowest BCUT2D eigenvalue weighted by molar-refractivity contribution is -0.159. The highest BCUT2D eigenvalue weighted by atomic mass is 32.1. The standard InChI is InChI=1S/C22H23F3N4O3S/c1-13(2)31-16-5-3-14(4-6-16)17-12-33-20(26-17)15-7-9-29(10-8-15)19(30)11-18-27-21(32-28-18)22(23,24)25/h3-6,12-13,15H,7-11H2,1-2H3. The van der Waals surface area contributed by atoms with Gasteiger partial charge in [-0.2, -0.15) is 18.2 Å². The maximum absolute atomic E-state index is 12.6. The van der Waals surface area contributed by atoms with Crippen molar-refractivity contribution in [3.63, 3.8) is 0 Å². The van der Waals surface area contributed by atoms with E-state index in [1.807, 2.05) is 43.5 Å². The summed E-state index contributed by atoms with van der Waals surface area (Å²) in [6, 6.07) is 7.83. The summed E-state index contributed by atoms with van der Waals surface area (Å²) in [7, 11) is 0. The molecule has 176 valence electrons. The molecule has 11 heteroatoms. The molecule has 1 saturated heterocycles. The molecule has 4 rings (SSSR count). The fourth-order valence-electron chi connectivity index (χ4n) is 3.65. The van der Waals surface area contributed by atoms with Crippen LogP contribution in [0.1, 0.15) is 49.3 Å². The van der Waals surface area contributed by atoms with Gasteiger partial charge in [0.15, 0.2) is 5.82 Å². The molecule has 1 aliphatic heterocycles. The van der Waals surface area contributed by atoms with Gasteiger partial charge in [-0.25, -0.2) is 4.98 Å². The van der Waals surface area contributed by atoms with Gasteiger partial charge in [0.1, 0.15) is 5.75 Å². The van der Waals surface area contributed by atoms with E-state index in [1.165, 1.54) is 0 Å². The predicted molar refractivity (Wildman–Crippen MR) is 115 cm³/mol. The summed E-state index contributed by atoms with van der Waals surface area (Å²) in [5.74, 6) is -0.962. The van der Waals surface area contributed by atoms with E-state index in [1.54, 1.807) is 16.2 Å². The minimum atomic E-state index is -4.72. The van der Waals surface area contributed by atoms with Crippen LogP contribution in [0.2, 0.25) is 0 Å². The number of carbonyl (C=O) groups excluding carboxylic acids is 1. The topological polar surface area (TPSA) is 81.4 Å². The minimum Gasteiger partial charge on any atom is -0.491 e. The molecule has 3 aromatic rings. The van der Waals surface area contributed by atoms with Gasteiger partial charge in [-0.1, -0.05) is 5.16 Å². The van der Waals surface area contributed by atoms with Gasteiger partial charge in [-0.05, 0) is 51.0 Å². The van der Waals surface area contributed by atoms with E-state index in [0.717, 1.165) is 34.9 Å². The van der Waals surface area contributed by atoms with Gasteiger partial charge in [0.2, 0.25) is 5.91 Å². The molecule has 33 heavy (non-hydrogen) atoms. The quantitative estimate of drug-likeness (QED) is 0.497. The van der Waals surface area contributed by atoms with Crippen LogP contribution in [-0.2, 0) is 17.4 Å². The molecule has 2 aromatic heterocycles. The number of nitrogens with zero attached hydrogens (tertiary/aromatic N) is 4. The maximum Gasteiger partial charge on any atom is 0.471 e. The van der Waals surface area contributed by atoms with Crippen molar-refractivity contribution in [2.75, 3.05) is 13.1 Å². The normalized spacial score (nSPS) is 15.3. The largest absolute Gasteiger partial charge is 0.491 e. The highest BCUT2D eigenvalue weighted by Gasteiger charge is 2.38. The Morgan fingerprint density at radius 2 is 1.91 bits per heavy atom. The summed E-state index contributed by atoms with van der Waals surface area (Å²) in [6.07, 6.45) is -3.45. The summed E-state index contributed by atoms with van der Waals surface area (Å²) >= 11 is 1.60. The van der Waals surface area contributed by atoms with Gasteiger partial charge in [-0.3, -0.25) is 4.79 Å². The smallest absolute Gasteiger partial charge is 0.471 e. The third kappa shape index (κ3) is 5.70. The van der Waals surface area contributed by atoms with Gasteiger partial charge < -0.3 is 14.2 Å². The Morgan fingerprint density at radius 1 is 1.21 bits per heavy atom. The number of thiazole rings is 1. The molecule has 0 aliphatic carbocycles. The zero-order chi connectivity index (χ0) is 23.6. The molecule has 1 amide bonds. The fraction of sp³-hybridized carbons (Fsp3) is 0.455. The highest BCUT2D eigenvalue weighted by Crippen LogP contribution is 2.33. The van der Waals surface area contributed by atoms with Crippen molar-refractivity contribution in [1.82, 2.24) is 20.0 Å². The third-order valence-corrected chi connectivity index (χ3v) is 6.27. The van der Waals surface area contributed by atoms with Crippen molar-refractivity contribution in [2.45, 2.75) is 51.3 Å². The number of halogens is 3. The Labute approximate surface area is 192 Å². The first-order valence-corrected chi connectivity index (χ1v) is 11.5. The van der Waals surface area contributed by atoms with Crippen molar-refractivity contribution in [3.8, 4) is 17.0 Å². The number of piperidine rings is 1. The lowest BCUT2D eigenvalue weighted by atomic mass is 9.97. The average Bonchev–Trinajstić information content (AvgIpc) is 3.44. The molecular formula is C22H23F3N4O3S. The molecule has 0 atom stereocenters. The van der Waals surface area contributed by atoms with Crippen molar-refractivity contribution in [3.05, 3.63) is 46.4 Å². The third-order valence-electron chi connectivity index (χ3n) is 5.26. The molecule has 0 unspecified atom stereocenters. The second kappa shape index (κ2) is 9.50. The van der Waals surface area contributed by atoms with E-state index in [4.69, 9.17) is 9.72 Å². The number of rotatable bonds is 6. The second-order valence-electron chi connectivity index (χ2n) is 8.11. The molecule has 1 fully saturated rings. The first-order valence-electron chi connectivity index (χ1n) is 10.6. The number of carbonyl (C=O) groups is 1. The Bertz CT molecular complexity index is 1090. The zero-order valence-electron chi connectivity index (χ0n) is 18.1. The lowest BCUT2D eigenvalue weighted by Gasteiger charge is -2.30. The molecule has 1 aromatic carbocycles. The molecule has 0 N–H and O–H groups in total. The van der Waals surface area contributed by atoms with Crippen LogP contribution >= 0.6 is 11.3 Å². The van der Waals surface area contributed by atoms with Crippen molar-refractivity contribution >= 4 is 17.2 Å². The van der Waals surface area contributed by atoms with Crippen LogP contribution in [0.4, 0.5) is 13.2 Å². The van der Waals surface area contributed by atoms with Crippen molar-refractivity contribution in [2.24, 2.45) is 0 Å². The molecule has 7 nitrogen and oxygen atoms in total. The fourth-order valence-corrected chi connectivity index (χ4v) is 4.65. The van der Waals surface area contributed by atoms with E-state index in [0.29, 0.717) is 13.1 Å². The van der Waals surface area contributed by atoms with Crippen LogP contribution in [0.25, 0.3) is 11.3 Å². The van der Waals surface area contributed by atoms with Crippen LogP contribution in [0.15, 0.2) is 34.2 Å². The van der Waals surface area contributed by atoms with Gasteiger partial charge in [-0.15, -0.1) is 11.3 Å². The number of alkyl halides is 3. The molecule has 0 radical (unpaired) electrons. The molecule has 0 spiro atoms. The van der Waals surface area contributed by atoms with E-state index < -0.39 is 12.1 Å². The number of amides is 1. The predicted octanol–water partition coefficient (Wildman–Crippen LogP) is 4.95. The summed E-state index contributed by atoms with van der Waals surface area (Å²) < 4.78 is 47.6. The Morgan fingerprint density at radius 3 is 2.52 bits per heavy atom. The number of hydrogen-bond acceptors (Lipinski definition) is 7. The molecule has 0 saturated carbocycles. The SMILES string of the molecule is CC(C)Oc1ccc(-c2csc(C3CCN(C(=O)Cc4noc(C(F)(F)F)n4)CC3)n2)cc1. The number of benzene rings is 1. The lowest BCUT2D eigenvalue weighted by Crippen LogP contribution is -2.39. The van der Waals surface area contributed by atoms with Crippen LogP contribution in [0, 0.1) is 0 Å². The highest BCUT2D eigenvalue weighted by molar-refractivity contribution is 7.10. The van der Waals surface area contributed by atoms with Gasteiger partial charge in [0, 0.05) is 30.0 Å². The van der Waals surface area contributed by atoms with E-state index in [-0.39, 0.29) is 30.2 Å². The van der Waals surface area contributed by atoms with Gasteiger partial charge in [0.25, 0.3) is 0 Å². The number of likely N-dealkylation sites (tertiary alicyclic amines) is 1. The Hall–Kier alpha value is -2.95. The summed E-state index contributed by atoms with van der Waals surface area (Å²) in [6.45, 7) is 4.97. The monoisotopic (exact) mass is 480 g/mol. The summed E-state index contributed by atoms with van der Waals surface area (Å²) in [5.41, 5.74) is 1.92. The van der Waals surface area contributed by atoms with E-state index >= 15 is 0 Å². The first-order chi connectivity index (χ1) is 15.7. The summed E-state index contributed by atoms with van der Waals surface area (Å²) in [5, 5.41) is 6.31. The van der Waals surface area contributed by atoms with Crippen LogP contribution in [0.3, 0.4) is 0 Å². The molecular weight excluding hydrogens is 457 g/mol. The van der Waals surface area contributed by atoms with Crippen LogP contribution < -0.4 is 4.74 Å². The zero-order valence-corrected chi connectivity index (χ0v) is 18.9. The average molecular weight is 481 g/mol. The molecule has 1 aliphatic rings. The van der Waals surface area contributed by atoms with E-state index in [9.17, 15) is 18.0 Å². The molecule has 0 bridgehead atoms. The number of hydrogen-bond donors (Lipinski definition) is 0. The van der Waals surface area contributed by atoms with Crippen molar-refractivity contribution < 1.29 is 27.2 Å². The maximum atomic E-state index is 12.6. The van der Waals surface area contributed by atoms with Crippen LogP contribution in [0.5, 0.6) is 5.75 Å². The number of aromatic nitrogens is 3. The van der Waals surface area contributed by atoms with E-state index in [2.05, 4.69) is 14.7 Å². The van der Waals surface area contributed by atoms with Gasteiger partial charge >= 0.3 is 12.1 Å². The van der Waals surface area contributed by atoms with Gasteiger partial charge in [0.05, 0.1) is 23.2 Å². The minimum absolute atomic E-state index is 0.115. The van der Waals surface area contributed by atoms with Crippen LogP contribution in [-0.4, -0.2) is 45.1 Å². The Balaban J connectivity index is 1.31. The second-order valence-corrected chi connectivity index (χ2v) is 9.00. The number of ether oxygens (including phenoxy) is 1. The first kappa shape index (κ1) is 23.2. The molecule has 3 heterocycles. The van der Waals surface area contributed by atoms with Crippen molar-refractivity contribution in [1.29, 1.82) is 0 Å². The summed E-state index contributed by atoms with van der Waals surface area (Å²) in [4.78, 5) is 22.1.